The van der Waals surface area contributed by atoms with E-state index in [2.05, 4.69) is 16.7 Å². The van der Waals surface area contributed by atoms with E-state index in [9.17, 15) is 4.79 Å². The first-order valence-electron chi connectivity index (χ1n) is 6.30. The quantitative estimate of drug-likeness (QED) is 0.841. The first-order valence-corrected chi connectivity index (χ1v) is 6.30. The molecule has 1 atom stereocenters. The highest BCUT2D eigenvalue weighted by Crippen LogP contribution is 2.08. The number of rotatable bonds is 3. The van der Waals surface area contributed by atoms with Crippen LogP contribution in [0.1, 0.15) is 30.4 Å². The molecule has 0 aliphatic carbocycles. The van der Waals surface area contributed by atoms with Gasteiger partial charge in [0.15, 0.2) is 0 Å². The molecule has 0 bridgehead atoms. The van der Waals surface area contributed by atoms with Crippen LogP contribution >= 0.6 is 0 Å². The van der Waals surface area contributed by atoms with Crippen molar-refractivity contribution in [2.45, 2.75) is 31.8 Å². The Morgan fingerprint density at radius 3 is 2.83 bits per heavy atom. The molecule has 1 unspecified atom stereocenters. The van der Waals surface area contributed by atoms with Crippen LogP contribution < -0.4 is 10.6 Å². The zero-order valence-corrected chi connectivity index (χ0v) is 10.3. The zero-order valence-electron chi connectivity index (χ0n) is 10.3. The van der Waals surface area contributed by atoms with Crippen LogP contribution in [0.15, 0.2) is 24.3 Å². The molecule has 1 fully saturated rings. The number of benzene rings is 1. The number of amides is 1. The lowest BCUT2D eigenvalue weighted by Gasteiger charge is -2.15. The Labute approximate surface area is 107 Å². The van der Waals surface area contributed by atoms with Gasteiger partial charge in [-0.3, -0.25) is 4.79 Å². The maximum Gasteiger partial charge on any atom is 0.237 e. The van der Waals surface area contributed by atoms with Gasteiger partial charge in [-0.2, -0.15) is 5.26 Å². The van der Waals surface area contributed by atoms with Crippen LogP contribution in [-0.2, 0) is 11.3 Å². The second kappa shape index (κ2) is 6.18. The molecule has 0 aromatic heterocycles. The average molecular weight is 243 g/mol. The second-order valence-electron chi connectivity index (χ2n) is 4.53. The van der Waals surface area contributed by atoms with Crippen LogP contribution in [0.5, 0.6) is 0 Å². The van der Waals surface area contributed by atoms with Crippen LogP contribution in [0.3, 0.4) is 0 Å². The third-order valence-electron chi connectivity index (χ3n) is 3.17. The van der Waals surface area contributed by atoms with Gasteiger partial charge in [-0.25, -0.2) is 0 Å². The van der Waals surface area contributed by atoms with Gasteiger partial charge in [0.05, 0.1) is 17.7 Å². The highest BCUT2D eigenvalue weighted by atomic mass is 16.2. The topological polar surface area (TPSA) is 64.9 Å². The van der Waals surface area contributed by atoms with Gasteiger partial charge in [0.1, 0.15) is 0 Å². The van der Waals surface area contributed by atoms with Crippen LogP contribution in [0.4, 0.5) is 0 Å². The van der Waals surface area contributed by atoms with Gasteiger partial charge >= 0.3 is 0 Å². The second-order valence-corrected chi connectivity index (χ2v) is 4.53. The Morgan fingerprint density at radius 2 is 2.11 bits per heavy atom. The van der Waals surface area contributed by atoms with Crippen LogP contribution in [0, 0.1) is 11.3 Å². The number of hydrogen-bond acceptors (Lipinski definition) is 3. The highest BCUT2D eigenvalue weighted by molar-refractivity contribution is 5.81. The molecular formula is C14H17N3O. The fourth-order valence-electron chi connectivity index (χ4n) is 2.07. The smallest absolute Gasteiger partial charge is 0.237 e. The Bertz CT molecular complexity index is 447. The predicted octanol–water partition coefficient (Wildman–Crippen LogP) is 1.32. The molecule has 0 saturated carbocycles. The molecule has 0 radical (unpaired) electrons. The Balaban J connectivity index is 1.89. The minimum Gasteiger partial charge on any atom is -0.355 e. The molecule has 4 nitrogen and oxygen atoms in total. The molecule has 2 rings (SSSR count). The molecular weight excluding hydrogens is 226 g/mol. The summed E-state index contributed by atoms with van der Waals surface area (Å²) in [7, 11) is 0. The predicted molar refractivity (Wildman–Crippen MR) is 68.6 cm³/mol. The van der Waals surface area contributed by atoms with E-state index < -0.39 is 0 Å². The standard InChI is InChI=1S/C14H17N3O/c15-9-11-4-6-12(7-5-11)10-17-13-3-1-2-8-16-14(13)18/h4-7,13,17H,1-3,8,10H2,(H,16,18). The van der Waals surface area contributed by atoms with Crippen molar-refractivity contribution < 1.29 is 4.79 Å². The van der Waals surface area contributed by atoms with Crippen molar-refractivity contribution in [1.82, 2.24) is 10.6 Å². The molecule has 1 aliphatic rings. The first kappa shape index (κ1) is 12.6. The van der Waals surface area contributed by atoms with Crippen molar-refractivity contribution in [2.24, 2.45) is 0 Å². The van der Waals surface area contributed by atoms with Gasteiger partial charge < -0.3 is 10.6 Å². The van der Waals surface area contributed by atoms with E-state index in [0.717, 1.165) is 31.4 Å². The van der Waals surface area contributed by atoms with Gasteiger partial charge in [0.25, 0.3) is 0 Å². The van der Waals surface area contributed by atoms with Crippen LogP contribution in [0.2, 0.25) is 0 Å². The van der Waals surface area contributed by atoms with Crippen molar-refractivity contribution in [3.8, 4) is 6.07 Å². The van der Waals surface area contributed by atoms with Gasteiger partial charge in [-0.1, -0.05) is 12.1 Å². The van der Waals surface area contributed by atoms with Crippen LogP contribution in [-0.4, -0.2) is 18.5 Å². The number of carbonyl (C=O) groups is 1. The molecule has 1 aromatic carbocycles. The molecule has 0 spiro atoms. The van der Waals surface area contributed by atoms with E-state index >= 15 is 0 Å². The maximum absolute atomic E-state index is 11.7. The summed E-state index contributed by atoms with van der Waals surface area (Å²) in [6.45, 7) is 1.44. The minimum atomic E-state index is -0.0943. The van der Waals surface area contributed by atoms with Crippen molar-refractivity contribution >= 4 is 5.91 Å². The molecule has 1 amide bonds. The fourth-order valence-corrected chi connectivity index (χ4v) is 2.07. The molecule has 4 heteroatoms. The average Bonchev–Trinajstić information content (AvgIpc) is 2.62. The number of nitrogens with zero attached hydrogens (tertiary/aromatic N) is 1. The zero-order chi connectivity index (χ0) is 12.8. The van der Waals surface area contributed by atoms with Gasteiger partial charge in [-0.05, 0) is 37.0 Å². The van der Waals surface area contributed by atoms with E-state index in [0.29, 0.717) is 12.1 Å². The van der Waals surface area contributed by atoms with Gasteiger partial charge in [0.2, 0.25) is 5.91 Å². The minimum absolute atomic E-state index is 0.0943. The van der Waals surface area contributed by atoms with E-state index in [1.54, 1.807) is 12.1 Å². The van der Waals surface area contributed by atoms with Gasteiger partial charge in [-0.15, -0.1) is 0 Å². The number of carbonyl (C=O) groups excluding carboxylic acids is 1. The molecule has 1 aliphatic heterocycles. The molecule has 1 saturated heterocycles. The Morgan fingerprint density at radius 1 is 1.33 bits per heavy atom. The summed E-state index contributed by atoms with van der Waals surface area (Å²) in [5.41, 5.74) is 1.75. The van der Waals surface area contributed by atoms with Crippen LogP contribution in [0.25, 0.3) is 0 Å². The molecule has 2 N–H and O–H groups in total. The van der Waals surface area contributed by atoms with Crippen molar-refractivity contribution in [3.63, 3.8) is 0 Å². The normalized spacial score (nSPS) is 19.7. The number of nitriles is 1. The molecule has 1 aromatic rings. The maximum atomic E-state index is 11.7. The summed E-state index contributed by atoms with van der Waals surface area (Å²) < 4.78 is 0. The van der Waals surface area contributed by atoms with E-state index in [1.807, 2.05) is 12.1 Å². The fraction of sp³-hybridized carbons (Fsp3) is 0.429. The Hall–Kier alpha value is -1.86. The third kappa shape index (κ3) is 3.31. The van der Waals surface area contributed by atoms with Gasteiger partial charge in [0, 0.05) is 13.1 Å². The largest absolute Gasteiger partial charge is 0.355 e. The summed E-state index contributed by atoms with van der Waals surface area (Å²) in [6, 6.07) is 9.42. The van der Waals surface area contributed by atoms with Crippen molar-refractivity contribution in [1.29, 1.82) is 5.26 Å². The first-order chi connectivity index (χ1) is 8.79. The highest BCUT2D eigenvalue weighted by Gasteiger charge is 2.19. The van der Waals surface area contributed by atoms with E-state index in [4.69, 9.17) is 5.26 Å². The lowest BCUT2D eigenvalue weighted by Crippen LogP contribution is -2.42. The Kier molecular flexibility index (Phi) is 4.32. The summed E-state index contributed by atoms with van der Waals surface area (Å²) >= 11 is 0. The summed E-state index contributed by atoms with van der Waals surface area (Å²) in [5, 5.41) is 14.9. The molecule has 1 heterocycles. The molecule has 18 heavy (non-hydrogen) atoms. The van der Waals surface area contributed by atoms with E-state index in [1.165, 1.54) is 0 Å². The summed E-state index contributed by atoms with van der Waals surface area (Å²) in [6.07, 6.45) is 3.02. The summed E-state index contributed by atoms with van der Waals surface area (Å²) in [5.74, 6) is 0.0983. The summed E-state index contributed by atoms with van der Waals surface area (Å²) in [4.78, 5) is 11.7. The number of nitrogens with one attached hydrogen (secondary N) is 2. The monoisotopic (exact) mass is 243 g/mol. The van der Waals surface area contributed by atoms with Crippen molar-refractivity contribution in [2.75, 3.05) is 6.54 Å². The lowest BCUT2D eigenvalue weighted by atomic mass is 10.1. The number of hydrogen-bond donors (Lipinski definition) is 2. The third-order valence-corrected chi connectivity index (χ3v) is 3.17. The molecule has 94 valence electrons. The lowest BCUT2D eigenvalue weighted by molar-refractivity contribution is -0.122. The SMILES string of the molecule is N#Cc1ccc(CNC2CCCCNC2=O)cc1. The van der Waals surface area contributed by atoms with Crippen molar-refractivity contribution in [3.05, 3.63) is 35.4 Å². The van der Waals surface area contributed by atoms with E-state index in [-0.39, 0.29) is 11.9 Å².